The van der Waals surface area contributed by atoms with Crippen molar-refractivity contribution in [1.82, 2.24) is 0 Å². The molecule has 0 saturated carbocycles. The van der Waals surface area contributed by atoms with Gasteiger partial charge >= 0.3 is 19.5 Å². The van der Waals surface area contributed by atoms with Crippen molar-refractivity contribution < 1.29 is 23.7 Å². The van der Waals surface area contributed by atoms with Crippen LogP contribution in [0.4, 0.5) is 0 Å². The predicted octanol–water partition coefficient (Wildman–Crippen LogP) is 1.79. The molecule has 3 heteroatoms. The van der Waals surface area contributed by atoms with Gasteiger partial charge in [0, 0.05) is 23.3 Å². The Labute approximate surface area is 76.8 Å². The van der Waals surface area contributed by atoms with Gasteiger partial charge in [-0.1, -0.05) is 0 Å². The van der Waals surface area contributed by atoms with Crippen molar-refractivity contribution in [3.05, 3.63) is 29.7 Å². The minimum Gasteiger partial charge on any atom is -0.358 e. The molecule has 0 heterocycles. The molecule has 0 aliphatic rings. The van der Waals surface area contributed by atoms with Crippen LogP contribution in [-0.2, 0) is 30.3 Å². The molecule has 1 nitrogen and oxygen atoms in total. The molecule has 0 aromatic heterocycles. The van der Waals surface area contributed by atoms with E-state index in [1.807, 2.05) is 0 Å². The van der Waals surface area contributed by atoms with Gasteiger partial charge in [-0.25, -0.2) is 0 Å². The van der Waals surface area contributed by atoms with Crippen molar-refractivity contribution in [2.75, 3.05) is 12.5 Å². The largest absolute Gasteiger partial charge is 4.00 e. The van der Waals surface area contributed by atoms with E-state index in [-0.39, 0.29) is 49.2 Å². The average molecular weight is 239 g/mol. The fourth-order valence-corrected chi connectivity index (χ4v) is 0. The fourth-order valence-electron chi connectivity index (χ4n) is 0. The molecule has 0 aliphatic carbocycles. The van der Waals surface area contributed by atoms with Crippen molar-refractivity contribution in [1.29, 1.82) is 0 Å². The molecule has 0 fully saturated rings. The SMILES string of the molecule is CS(C)=O.[CH3-].[CH3-].[CH3-].[CH3-].[Ru+4]. The molecule has 0 spiro atoms. The molecule has 0 unspecified atom stereocenters. The van der Waals surface area contributed by atoms with E-state index in [0.717, 1.165) is 0 Å². The minimum absolute atomic E-state index is 0. The van der Waals surface area contributed by atoms with Gasteiger partial charge in [0.2, 0.25) is 0 Å². The standard InChI is InChI=1S/C2H6OS.4CH3.Ru/c1-4(2)3;;;;;/h1-2H3;4*1H3;/q;4*-1;+4. The van der Waals surface area contributed by atoms with Gasteiger partial charge in [-0.2, -0.15) is 0 Å². The molecule has 0 aromatic rings. The second kappa shape index (κ2) is 37.2. The van der Waals surface area contributed by atoms with Crippen LogP contribution in [0.15, 0.2) is 0 Å². The Kier molecular flexibility index (Phi) is 219. The van der Waals surface area contributed by atoms with Gasteiger partial charge in [0.15, 0.2) is 0 Å². The molecular formula is C6H18ORuS. The van der Waals surface area contributed by atoms with Gasteiger partial charge in [0.25, 0.3) is 0 Å². The molecular weight excluding hydrogens is 221 g/mol. The molecule has 0 saturated heterocycles. The Morgan fingerprint density at radius 1 is 0.889 bits per heavy atom. The summed E-state index contributed by atoms with van der Waals surface area (Å²) in [6.45, 7) is 0. The summed E-state index contributed by atoms with van der Waals surface area (Å²) in [5.74, 6) is 0. The molecule has 0 bridgehead atoms. The van der Waals surface area contributed by atoms with Crippen LogP contribution in [0.5, 0.6) is 0 Å². The van der Waals surface area contributed by atoms with Crippen LogP contribution in [0.3, 0.4) is 0 Å². The summed E-state index contributed by atoms with van der Waals surface area (Å²) in [7, 11) is -0.611. The molecule has 9 heavy (non-hydrogen) atoms. The van der Waals surface area contributed by atoms with E-state index in [9.17, 15) is 4.21 Å². The van der Waals surface area contributed by atoms with E-state index in [1.54, 1.807) is 12.5 Å². The van der Waals surface area contributed by atoms with Gasteiger partial charge in [-0.15, -0.1) is 0 Å². The first-order valence-electron chi connectivity index (χ1n) is 0.983. The maximum Gasteiger partial charge on any atom is 4.00 e. The second-order valence-electron chi connectivity index (χ2n) is 0.742. The first-order valence-corrected chi connectivity index (χ1v) is 2.95. The van der Waals surface area contributed by atoms with Crippen molar-refractivity contribution >= 4 is 10.8 Å². The van der Waals surface area contributed by atoms with Crippen LogP contribution in [0.1, 0.15) is 0 Å². The van der Waals surface area contributed by atoms with Crippen LogP contribution in [0.25, 0.3) is 0 Å². The minimum atomic E-state index is -0.611. The van der Waals surface area contributed by atoms with Crippen LogP contribution in [0, 0.1) is 29.7 Å². The molecule has 62 valence electrons. The van der Waals surface area contributed by atoms with Gasteiger partial charge in [0.05, 0.1) is 0 Å². The molecule has 0 N–H and O–H groups in total. The van der Waals surface area contributed by atoms with E-state index in [4.69, 9.17) is 0 Å². The van der Waals surface area contributed by atoms with Gasteiger partial charge in [-0.3, -0.25) is 4.21 Å². The zero-order chi connectivity index (χ0) is 3.58. The molecule has 0 aliphatic heterocycles. The molecule has 0 atom stereocenters. The smallest absolute Gasteiger partial charge is 0.358 e. The van der Waals surface area contributed by atoms with Crippen LogP contribution >= 0.6 is 0 Å². The van der Waals surface area contributed by atoms with Crippen molar-refractivity contribution in [3.8, 4) is 0 Å². The first kappa shape index (κ1) is 52.8. The quantitative estimate of drug-likeness (QED) is 0.465. The zero-order valence-corrected chi connectivity index (χ0v) is 9.72. The summed E-state index contributed by atoms with van der Waals surface area (Å²) in [5.41, 5.74) is 0. The fraction of sp³-hybridized carbons (Fsp3) is 0.333. The van der Waals surface area contributed by atoms with Crippen LogP contribution in [0.2, 0.25) is 0 Å². The maximum atomic E-state index is 9.56. The van der Waals surface area contributed by atoms with E-state index in [0.29, 0.717) is 0 Å². The summed E-state index contributed by atoms with van der Waals surface area (Å²) >= 11 is 0. The molecule has 0 radical (unpaired) electrons. The maximum absolute atomic E-state index is 9.56. The Hall–Kier alpha value is 0.773. The normalized spacial score (nSPS) is 3.89. The number of rotatable bonds is 0. The first-order chi connectivity index (χ1) is 1.73. The average Bonchev–Trinajstić information content (AvgIpc) is 0.811. The molecule has 0 aromatic carbocycles. The van der Waals surface area contributed by atoms with Crippen LogP contribution < -0.4 is 0 Å². The third-order valence-corrected chi connectivity index (χ3v) is 0. The molecule has 0 rings (SSSR count). The van der Waals surface area contributed by atoms with Crippen molar-refractivity contribution in [2.24, 2.45) is 0 Å². The summed E-state index contributed by atoms with van der Waals surface area (Å²) < 4.78 is 9.56. The van der Waals surface area contributed by atoms with Gasteiger partial charge < -0.3 is 29.7 Å². The second-order valence-corrected chi connectivity index (χ2v) is 2.22. The van der Waals surface area contributed by atoms with E-state index < -0.39 is 10.8 Å². The molecule has 0 amide bonds. The van der Waals surface area contributed by atoms with Gasteiger partial charge in [-0.05, 0) is 0 Å². The Bertz CT molecular complexity index is 36.0. The Morgan fingerprint density at radius 3 is 0.889 bits per heavy atom. The topological polar surface area (TPSA) is 17.1 Å². The number of hydrogen-bond acceptors (Lipinski definition) is 1. The zero-order valence-electron chi connectivity index (χ0n) is 7.17. The number of hydrogen-bond donors (Lipinski definition) is 0. The summed E-state index contributed by atoms with van der Waals surface area (Å²) in [5, 5.41) is 0. The Morgan fingerprint density at radius 2 is 0.889 bits per heavy atom. The van der Waals surface area contributed by atoms with Crippen molar-refractivity contribution in [3.63, 3.8) is 0 Å². The summed E-state index contributed by atoms with van der Waals surface area (Å²) in [6.07, 6.45) is 3.28. The van der Waals surface area contributed by atoms with Crippen molar-refractivity contribution in [2.45, 2.75) is 0 Å². The van der Waals surface area contributed by atoms with E-state index >= 15 is 0 Å². The monoisotopic (exact) mass is 240 g/mol. The summed E-state index contributed by atoms with van der Waals surface area (Å²) in [4.78, 5) is 0. The summed E-state index contributed by atoms with van der Waals surface area (Å²) in [6, 6.07) is 0. The third-order valence-electron chi connectivity index (χ3n) is 0. The Balaban J connectivity index is -0.00000000450. The van der Waals surface area contributed by atoms with E-state index in [1.165, 1.54) is 0 Å². The van der Waals surface area contributed by atoms with Gasteiger partial charge in [0.1, 0.15) is 0 Å². The van der Waals surface area contributed by atoms with Crippen LogP contribution in [-0.4, -0.2) is 16.7 Å². The van der Waals surface area contributed by atoms with E-state index in [2.05, 4.69) is 0 Å². The predicted molar refractivity (Wildman–Crippen MR) is 45.6 cm³/mol. The third kappa shape index (κ3) is 673.